The van der Waals surface area contributed by atoms with Crippen LogP contribution in [0, 0.1) is 0 Å². The van der Waals surface area contributed by atoms with Crippen LogP contribution in [-0.2, 0) is 37.8 Å². The van der Waals surface area contributed by atoms with Crippen molar-refractivity contribution in [3.05, 3.63) is 47.5 Å². The van der Waals surface area contributed by atoms with E-state index in [1.807, 2.05) is 0 Å². The summed E-state index contributed by atoms with van der Waals surface area (Å²) in [6.45, 7) is -0.460. The van der Waals surface area contributed by atoms with E-state index >= 15 is 0 Å². The summed E-state index contributed by atoms with van der Waals surface area (Å²) in [7, 11) is 1.12. The van der Waals surface area contributed by atoms with E-state index < -0.39 is 28.5 Å². The number of imidazole rings is 1. The van der Waals surface area contributed by atoms with Crippen molar-refractivity contribution in [1.82, 2.24) is 18.8 Å². The van der Waals surface area contributed by atoms with Gasteiger partial charge in [0, 0.05) is 33.8 Å². The minimum Gasteiger partial charge on any atom is -0.456 e. The Labute approximate surface area is 190 Å². The number of esters is 1. The molecule has 0 atom stereocenters. The number of benzene rings is 1. The van der Waals surface area contributed by atoms with E-state index in [9.17, 15) is 18.0 Å². The zero-order chi connectivity index (χ0) is 23.5. The lowest BCUT2D eigenvalue weighted by atomic mass is 10.3. The molecule has 10 nitrogen and oxygen atoms in total. The second-order valence-corrected chi connectivity index (χ2v) is 9.59. The topological polar surface area (TPSA) is 123 Å². The normalized spacial score (nSPS) is 11.7. The number of sulfonamides is 1. The predicted molar refractivity (Wildman–Crippen MR) is 119 cm³/mol. The lowest BCUT2D eigenvalue weighted by Crippen LogP contribution is -2.22. The molecule has 12 heteroatoms. The first-order valence-corrected chi connectivity index (χ1v) is 11.3. The minimum absolute atomic E-state index is 0.000937. The van der Waals surface area contributed by atoms with Gasteiger partial charge >= 0.3 is 5.97 Å². The minimum atomic E-state index is -3.58. The molecule has 2 aromatic heterocycles. The molecule has 0 radical (unpaired) electrons. The van der Waals surface area contributed by atoms with E-state index in [0.29, 0.717) is 17.0 Å². The van der Waals surface area contributed by atoms with Gasteiger partial charge in [-0.3, -0.25) is 9.59 Å². The number of anilines is 1. The van der Waals surface area contributed by atoms with Gasteiger partial charge in [-0.1, -0.05) is 11.6 Å². The van der Waals surface area contributed by atoms with E-state index in [1.165, 1.54) is 32.4 Å². The fourth-order valence-corrected chi connectivity index (χ4v) is 4.01. The number of pyridine rings is 1. The fourth-order valence-electron chi connectivity index (χ4n) is 2.92. The number of carbonyl (C=O) groups is 2. The van der Waals surface area contributed by atoms with Crippen LogP contribution in [0.5, 0.6) is 0 Å². The Bertz CT molecular complexity index is 1270. The van der Waals surface area contributed by atoms with Crippen LogP contribution in [0.4, 0.5) is 5.69 Å². The number of nitrogens with zero attached hydrogens (tertiary/aromatic N) is 4. The molecule has 3 aromatic rings. The molecular formula is C20H22ClN5O5S. The highest BCUT2D eigenvalue weighted by Crippen LogP contribution is 2.22. The van der Waals surface area contributed by atoms with Crippen LogP contribution in [0.2, 0.25) is 5.15 Å². The molecule has 1 N–H and O–H groups in total. The lowest BCUT2D eigenvalue weighted by molar-refractivity contribution is -0.147. The van der Waals surface area contributed by atoms with Crippen molar-refractivity contribution in [2.45, 2.75) is 17.7 Å². The van der Waals surface area contributed by atoms with Crippen molar-refractivity contribution in [3.63, 3.8) is 0 Å². The highest BCUT2D eigenvalue weighted by atomic mass is 35.5. The number of amides is 1. The number of aryl methyl sites for hydroxylation is 2. The number of fused-ring (bicyclic) bond motifs is 1. The number of hydrogen-bond donors (Lipinski definition) is 1. The number of aromatic nitrogens is 3. The summed E-state index contributed by atoms with van der Waals surface area (Å²) in [6, 6.07) is 7.89. The highest BCUT2D eigenvalue weighted by molar-refractivity contribution is 7.89. The molecule has 0 unspecified atom stereocenters. The first-order chi connectivity index (χ1) is 15.1. The van der Waals surface area contributed by atoms with Gasteiger partial charge in [0.1, 0.15) is 5.82 Å². The average molecular weight is 480 g/mol. The molecule has 0 aliphatic rings. The smallest absolute Gasteiger partial charge is 0.306 e. The molecule has 1 aromatic carbocycles. The maximum Gasteiger partial charge on any atom is 0.306 e. The van der Waals surface area contributed by atoms with Crippen LogP contribution in [0.3, 0.4) is 0 Å². The van der Waals surface area contributed by atoms with Gasteiger partial charge < -0.3 is 14.6 Å². The van der Waals surface area contributed by atoms with Crippen LogP contribution in [0.15, 0.2) is 41.4 Å². The van der Waals surface area contributed by atoms with Crippen LogP contribution in [0.1, 0.15) is 12.2 Å². The second-order valence-electron chi connectivity index (χ2n) is 7.08. The zero-order valence-electron chi connectivity index (χ0n) is 17.7. The number of rotatable bonds is 8. The Balaban J connectivity index is 1.59. The lowest BCUT2D eigenvalue weighted by Gasteiger charge is -2.10. The van der Waals surface area contributed by atoms with E-state index in [1.54, 1.807) is 29.8 Å². The van der Waals surface area contributed by atoms with Gasteiger partial charge in [-0.25, -0.2) is 22.7 Å². The van der Waals surface area contributed by atoms with E-state index in [-0.39, 0.29) is 22.9 Å². The quantitative estimate of drug-likeness (QED) is 0.387. The summed E-state index contributed by atoms with van der Waals surface area (Å²) >= 11 is 5.87. The van der Waals surface area contributed by atoms with Crippen LogP contribution < -0.4 is 5.32 Å². The summed E-state index contributed by atoms with van der Waals surface area (Å²) < 4.78 is 32.6. The molecular weight excluding hydrogens is 458 g/mol. The van der Waals surface area contributed by atoms with Gasteiger partial charge in [-0.2, -0.15) is 0 Å². The molecule has 0 saturated carbocycles. The summed E-state index contributed by atoms with van der Waals surface area (Å²) in [6.07, 6.45) is 1.75. The molecule has 0 fully saturated rings. The van der Waals surface area contributed by atoms with Gasteiger partial charge in [0.05, 0.1) is 28.0 Å². The molecule has 0 bridgehead atoms. The number of nitrogens with one attached hydrogen (secondary N) is 1. The summed E-state index contributed by atoms with van der Waals surface area (Å²) in [5.74, 6) is -0.520. The molecule has 2 heterocycles. The van der Waals surface area contributed by atoms with Crippen molar-refractivity contribution in [2.75, 3.05) is 26.0 Å². The molecule has 0 saturated heterocycles. The molecule has 0 spiro atoms. The third-order valence-electron chi connectivity index (χ3n) is 4.67. The number of halogens is 1. The third-order valence-corrected chi connectivity index (χ3v) is 6.79. The van der Waals surface area contributed by atoms with Crippen molar-refractivity contribution in [1.29, 1.82) is 0 Å². The average Bonchev–Trinajstić information content (AvgIpc) is 3.07. The van der Waals surface area contributed by atoms with Crippen molar-refractivity contribution < 1.29 is 22.7 Å². The molecule has 1 amide bonds. The SMILES string of the molecule is CN(C)S(=O)(=O)c1ccc2c(c1)nc(CCC(=O)OCC(=O)Nc1cccnc1Cl)n2C. The van der Waals surface area contributed by atoms with Gasteiger partial charge in [0.15, 0.2) is 11.8 Å². The Kier molecular flexibility index (Phi) is 7.12. The largest absolute Gasteiger partial charge is 0.456 e. The van der Waals surface area contributed by atoms with Crippen molar-refractivity contribution in [3.8, 4) is 0 Å². The van der Waals surface area contributed by atoms with Crippen LogP contribution in [-0.4, -0.2) is 59.8 Å². The Morgan fingerprint density at radius 2 is 2.00 bits per heavy atom. The third kappa shape index (κ3) is 5.23. The molecule has 3 rings (SSSR count). The fraction of sp³-hybridized carbons (Fsp3) is 0.300. The standard InChI is InChI=1S/C20H22ClN5O5S/c1-25(2)32(29,30)13-6-7-16-15(11-13)23-17(26(16)3)8-9-19(28)31-12-18(27)24-14-5-4-10-22-20(14)21/h4-7,10-11H,8-9,12H2,1-3H3,(H,24,27). The van der Waals surface area contributed by atoms with Crippen LogP contribution in [0.25, 0.3) is 11.0 Å². The number of carbonyl (C=O) groups excluding carboxylic acids is 2. The Morgan fingerprint density at radius 3 is 2.69 bits per heavy atom. The van der Waals surface area contributed by atoms with Gasteiger partial charge in [0.2, 0.25) is 10.0 Å². The van der Waals surface area contributed by atoms with Gasteiger partial charge in [-0.15, -0.1) is 0 Å². The summed E-state index contributed by atoms with van der Waals surface area (Å²) in [5, 5.41) is 2.65. The van der Waals surface area contributed by atoms with E-state index in [0.717, 1.165) is 9.82 Å². The Hall–Kier alpha value is -3.02. The monoisotopic (exact) mass is 479 g/mol. The Morgan fingerprint density at radius 1 is 1.25 bits per heavy atom. The first kappa shape index (κ1) is 23.6. The predicted octanol–water partition coefficient (Wildman–Crippen LogP) is 1.99. The van der Waals surface area contributed by atoms with Gasteiger partial charge in [0.25, 0.3) is 5.91 Å². The van der Waals surface area contributed by atoms with Crippen LogP contribution >= 0.6 is 11.6 Å². The summed E-state index contributed by atoms with van der Waals surface area (Å²) in [4.78, 5) is 32.4. The summed E-state index contributed by atoms with van der Waals surface area (Å²) in [5.41, 5.74) is 1.57. The second kappa shape index (κ2) is 9.63. The van der Waals surface area contributed by atoms with E-state index in [4.69, 9.17) is 16.3 Å². The number of hydrogen-bond acceptors (Lipinski definition) is 7. The van der Waals surface area contributed by atoms with Gasteiger partial charge in [-0.05, 0) is 30.3 Å². The maximum absolute atomic E-state index is 12.3. The van der Waals surface area contributed by atoms with Crippen molar-refractivity contribution >= 4 is 50.2 Å². The maximum atomic E-state index is 12.3. The molecule has 32 heavy (non-hydrogen) atoms. The van der Waals surface area contributed by atoms with E-state index in [2.05, 4.69) is 15.3 Å². The first-order valence-electron chi connectivity index (χ1n) is 9.53. The number of ether oxygens (including phenoxy) is 1. The van der Waals surface area contributed by atoms with Crippen molar-refractivity contribution in [2.24, 2.45) is 7.05 Å². The molecule has 0 aliphatic heterocycles. The molecule has 0 aliphatic carbocycles. The zero-order valence-corrected chi connectivity index (χ0v) is 19.3. The molecule has 170 valence electrons. The highest BCUT2D eigenvalue weighted by Gasteiger charge is 2.19.